The van der Waals surface area contributed by atoms with Gasteiger partial charge in [-0.25, -0.2) is 23.4 Å². The summed E-state index contributed by atoms with van der Waals surface area (Å²) in [7, 11) is 1.48. The van der Waals surface area contributed by atoms with Crippen molar-refractivity contribution in [2.45, 2.75) is 13.5 Å². The van der Waals surface area contributed by atoms with Gasteiger partial charge < -0.3 is 19.7 Å². The largest absolute Gasteiger partial charge is 0.461 e. The maximum absolute atomic E-state index is 13.8. The van der Waals surface area contributed by atoms with Crippen molar-refractivity contribution in [1.82, 2.24) is 9.88 Å². The van der Waals surface area contributed by atoms with Crippen molar-refractivity contribution < 1.29 is 27.8 Å². The van der Waals surface area contributed by atoms with E-state index in [0.29, 0.717) is 11.1 Å². The van der Waals surface area contributed by atoms with Gasteiger partial charge in [0.15, 0.2) is 5.69 Å². The summed E-state index contributed by atoms with van der Waals surface area (Å²) in [6, 6.07) is 2.26. The molecule has 0 unspecified atom stereocenters. The molecule has 0 bridgehead atoms. The van der Waals surface area contributed by atoms with E-state index in [-0.39, 0.29) is 37.7 Å². The number of esters is 1. The molecule has 2 rings (SSSR count). The van der Waals surface area contributed by atoms with Crippen LogP contribution in [0.4, 0.5) is 19.3 Å². The Balaban J connectivity index is 2.09. The number of halogens is 2. The molecule has 0 aliphatic carbocycles. The van der Waals surface area contributed by atoms with Gasteiger partial charge in [-0.2, -0.15) is 0 Å². The Hall–Kier alpha value is -2.59. The number of carbonyl (C=O) groups is 2. The number of methoxy groups -OCH3 is 1. The maximum Gasteiger partial charge on any atom is 0.357 e. The summed E-state index contributed by atoms with van der Waals surface area (Å²) in [4.78, 5) is 29.7. The lowest BCUT2D eigenvalue weighted by molar-refractivity contribution is 0.0520. The van der Waals surface area contributed by atoms with E-state index in [2.05, 4.69) is 10.3 Å². The number of benzene rings is 1. The number of nitrogens with one attached hydrogen (secondary N) is 1. The minimum atomic E-state index is -0.881. The molecule has 1 aromatic carbocycles. The fraction of sp³-hybridized carbons (Fsp3) is 0.353. The van der Waals surface area contributed by atoms with Crippen LogP contribution in [0.5, 0.6) is 0 Å². The maximum atomic E-state index is 13.8. The second-order valence-electron chi connectivity index (χ2n) is 5.32. The molecule has 0 aliphatic heterocycles. The first-order valence-corrected chi connectivity index (χ1v) is 8.94. The molecule has 7 nitrogen and oxygen atoms in total. The smallest absolute Gasteiger partial charge is 0.357 e. The molecule has 1 N–H and O–H groups in total. The van der Waals surface area contributed by atoms with Crippen molar-refractivity contribution in [3.8, 4) is 0 Å². The highest BCUT2D eigenvalue weighted by molar-refractivity contribution is 7.09. The van der Waals surface area contributed by atoms with Gasteiger partial charge in [0.05, 0.1) is 25.4 Å². The normalized spacial score (nSPS) is 10.5. The van der Waals surface area contributed by atoms with Crippen LogP contribution in [0, 0.1) is 11.6 Å². The van der Waals surface area contributed by atoms with Crippen LogP contribution in [0.2, 0.25) is 0 Å². The van der Waals surface area contributed by atoms with E-state index in [1.807, 2.05) is 0 Å². The molecule has 0 radical (unpaired) electrons. The molecule has 0 fully saturated rings. The SMILES string of the molecule is CCOC(=O)c1csc(CN(CCOC)C(=O)Nc2ccc(F)cc2F)n1. The van der Waals surface area contributed by atoms with Crippen molar-refractivity contribution in [2.75, 3.05) is 32.2 Å². The number of amides is 2. The van der Waals surface area contributed by atoms with Crippen molar-refractivity contribution in [1.29, 1.82) is 0 Å². The Labute approximate surface area is 158 Å². The first kappa shape index (κ1) is 20.7. The third kappa shape index (κ3) is 5.97. The van der Waals surface area contributed by atoms with E-state index in [1.165, 1.54) is 23.3 Å². The molecule has 0 atom stereocenters. The highest BCUT2D eigenvalue weighted by Gasteiger charge is 2.19. The molecule has 27 heavy (non-hydrogen) atoms. The fourth-order valence-corrected chi connectivity index (χ4v) is 2.86. The third-order valence-corrected chi connectivity index (χ3v) is 4.22. The van der Waals surface area contributed by atoms with Gasteiger partial charge in [0.1, 0.15) is 16.6 Å². The highest BCUT2D eigenvalue weighted by atomic mass is 32.1. The predicted octanol–water partition coefficient (Wildman–Crippen LogP) is 3.28. The molecule has 1 heterocycles. The lowest BCUT2D eigenvalue weighted by Crippen LogP contribution is -2.37. The summed E-state index contributed by atoms with van der Waals surface area (Å²) >= 11 is 1.20. The molecule has 0 saturated heterocycles. The summed E-state index contributed by atoms with van der Waals surface area (Å²) < 4.78 is 36.6. The molecular weight excluding hydrogens is 380 g/mol. The average Bonchev–Trinajstić information content (AvgIpc) is 3.10. The van der Waals surface area contributed by atoms with Crippen LogP contribution >= 0.6 is 11.3 Å². The van der Waals surface area contributed by atoms with Crippen LogP contribution in [0.1, 0.15) is 22.4 Å². The van der Waals surface area contributed by atoms with E-state index in [4.69, 9.17) is 9.47 Å². The number of urea groups is 1. The van der Waals surface area contributed by atoms with Crippen LogP contribution < -0.4 is 5.32 Å². The van der Waals surface area contributed by atoms with E-state index >= 15 is 0 Å². The van der Waals surface area contributed by atoms with Crippen molar-refractivity contribution in [3.05, 3.63) is 45.9 Å². The van der Waals surface area contributed by atoms with Gasteiger partial charge in [-0.3, -0.25) is 0 Å². The molecule has 2 amide bonds. The van der Waals surface area contributed by atoms with Gasteiger partial charge in [-0.15, -0.1) is 11.3 Å². The van der Waals surface area contributed by atoms with Crippen LogP contribution in [0.15, 0.2) is 23.6 Å². The Morgan fingerprint density at radius 2 is 2.11 bits per heavy atom. The molecule has 0 saturated carbocycles. The number of ether oxygens (including phenoxy) is 2. The Bertz CT molecular complexity index is 800. The average molecular weight is 399 g/mol. The highest BCUT2D eigenvalue weighted by Crippen LogP contribution is 2.17. The predicted molar refractivity (Wildman–Crippen MR) is 95.7 cm³/mol. The molecular formula is C17H19F2N3O4S. The lowest BCUT2D eigenvalue weighted by atomic mass is 10.3. The summed E-state index contributed by atoms with van der Waals surface area (Å²) in [5, 5.41) is 4.44. The number of hydrogen-bond donors (Lipinski definition) is 1. The Morgan fingerprint density at radius 1 is 1.33 bits per heavy atom. The monoisotopic (exact) mass is 399 g/mol. The van der Waals surface area contributed by atoms with Crippen molar-refractivity contribution in [2.24, 2.45) is 0 Å². The lowest BCUT2D eigenvalue weighted by Gasteiger charge is -2.22. The zero-order valence-corrected chi connectivity index (χ0v) is 15.6. The summed E-state index contributed by atoms with van der Waals surface area (Å²) in [5.74, 6) is -2.16. The van der Waals surface area contributed by atoms with Crippen LogP contribution in [-0.2, 0) is 16.0 Å². The van der Waals surface area contributed by atoms with Crippen LogP contribution in [0.25, 0.3) is 0 Å². The van der Waals surface area contributed by atoms with Gasteiger partial charge in [-0.05, 0) is 19.1 Å². The second-order valence-corrected chi connectivity index (χ2v) is 6.26. The van der Waals surface area contributed by atoms with Crippen molar-refractivity contribution >= 4 is 29.0 Å². The van der Waals surface area contributed by atoms with Gasteiger partial charge in [0.25, 0.3) is 0 Å². The van der Waals surface area contributed by atoms with E-state index in [9.17, 15) is 18.4 Å². The van der Waals surface area contributed by atoms with Crippen LogP contribution in [0.3, 0.4) is 0 Å². The van der Waals surface area contributed by atoms with E-state index in [1.54, 1.807) is 12.3 Å². The number of rotatable bonds is 8. The standard InChI is InChI=1S/C17H19F2N3O4S/c1-3-26-16(23)14-10-27-15(20-14)9-22(6-7-25-2)17(24)21-13-5-4-11(18)8-12(13)19/h4-5,8,10H,3,6-7,9H2,1-2H3,(H,21,24). The minimum Gasteiger partial charge on any atom is -0.461 e. The molecule has 1 aromatic heterocycles. The van der Waals surface area contributed by atoms with Gasteiger partial charge in [0, 0.05) is 25.1 Å². The Kier molecular flexibility index (Phi) is 7.62. The third-order valence-electron chi connectivity index (χ3n) is 3.39. The van der Waals surface area contributed by atoms with Gasteiger partial charge in [-0.1, -0.05) is 0 Å². The molecule has 0 aliphatic rings. The van der Waals surface area contributed by atoms with Gasteiger partial charge >= 0.3 is 12.0 Å². The van der Waals surface area contributed by atoms with Crippen LogP contribution in [-0.4, -0.2) is 48.8 Å². The zero-order valence-electron chi connectivity index (χ0n) is 14.8. The number of aromatic nitrogens is 1. The summed E-state index contributed by atoms with van der Waals surface area (Å²) in [6.07, 6.45) is 0. The first-order chi connectivity index (χ1) is 12.9. The van der Waals surface area contributed by atoms with Gasteiger partial charge in [0.2, 0.25) is 0 Å². The number of anilines is 1. The Morgan fingerprint density at radius 3 is 2.78 bits per heavy atom. The zero-order chi connectivity index (χ0) is 19.8. The molecule has 10 heteroatoms. The van der Waals surface area contributed by atoms with E-state index in [0.717, 1.165) is 12.1 Å². The second kappa shape index (κ2) is 9.93. The van der Waals surface area contributed by atoms with E-state index < -0.39 is 23.6 Å². The molecule has 2 aromatic rings. The van der Waals surface area contributed by atoms with Crippen molar-refractivity contribution in [3.63, 3.8) is 0 Å². The number of thiazole rings is 1. The molecule has 146 valence electrons. The quantitative estimate of drug-likeness (QED) is 0.689. The minimum absolute atomic E-state index is 0.0854. The summed E-state index contributed by atoms with van der Waals surface area (Å²) in [5.41, 5.74) is 0.0173. The number of nitrogens with zero attached hydrogens (tertiary/aromatic N) is 2. The first-order valence-electron chi connectivity index (χ1n) is 8.06. The number of carbonyl (C=O) groups excluding carboxylic acids is 2. The summed E-state index contributed by atoms with van der Waals surface area (Å²) in [6.45, 7) is 2.46. The number of hydrogen-bond acceptors (Lipinski definition) is 6. The topological polar surface area (TPSA) is 80.8 Å². The fourth-order valence-electron chi connectivity index (χ4n) is 2.08. The molecule has 0 spiro atoms.